The summed E-state index contributed by atoms with van der Waals surface area (Å²) in [5.74, 6) is 1.48. The molecule has 0 radical (unpaired) electrons. The second-order valence-electron chi connectivity index (χ2n) is 7.55. The fraction of sp³-hybridized carbons (Fsp3) is 0.450. The molecule has 9 nitrogen and oxygen atoms in total. The van der Waals surface area contributed by atoms with E-state index in [0.29, 0.717) is 28.9 Å². The van der Waals surface area contributed by atoms with Crippen LogP contribution in [0.15, 0.2) is 23.7 Å². The molecule has 0 spiro atoms. The predicted octanol–water partition coefficient (Wildman–Crippen LogP) is 1.98. The number of aromatic nitrogens is 5. The lowest BCUT2D eigenvalue weighted by Gasteiger charge is -2.32. The molecule has 0 unspecified atom stereocenters. The monoisotopic (exact) mass is 426 g/mol. The zero-order valence-electron chi connectivity index (χ0n) is 17.5. The number of nitrogens with zero attached hydrogens (tertiary/aromatic N) is 7. The van der Waals surface area contributed by atoms with Crippen LogP contribution in [0.2, 0.25) is 0 Å². The highest BCUT2D eigenvalue weighted by Crippen LogP contribution is 2.22. The van der Waals surface area contributed by atoms with E-state index in [1.165, 1.54) is 11.3 Å². The first-order chi connectivity index (χ1) is 14.5. The third kappa shape index (κ3) is 4.89. The third-order valence-electron chi connectivity index (χ3n) is 5.08. The number of rotatable bonds is 6. The van der Waals surface area contributed by atoms with Crippen LogP contribution in [0.3, 0.4) is 0 Å². The predicted molar refractivity (Wildman–Crippen MR) is 117 cm³/mol. The second-order valence-corrected chi connectivity index (χ2v) is 8.45. The number of nitrogens with one attached hydrogen (secondary N) is 1. The number of piperazine rings is 1. The number of thiazole rings is 1. The SMILES string of the molecule is Cc1cc(C)n(-c2cc(NC(=O)CCN3CCN(C)CC3)nc(-c3nccs3)n2)n1. The van der Waals surface area contributed by atoms with Crippen molar-refractivity contribution in [1.29, 1.82) is 0 Å². The second kappa shape index (κ2) is 8.99. The molecule has 1 fully saturated rings. The van der Waals surface area contributed by atoms with Gasteiger partial charge >= 0.3 is 0 Å². The van der Waals surface area contributed by atoms with Gasteiger partial charge in [0.05, 0.1) is 5.69 Å². The first kappa shape index (κ1) is 20.6. The molecule has 3 aromatic rings. The molecule has 0 bridgehead atoms. The van der Waals surface area contributed by atoms with Crippen molar-refractivity contribution < 1.29 is 4.79 Å². The molecule has 0 aliphatic carbocycles. The molecule has 0 saturated carbocycles. The maximum atomic E-state index is 12.6. The van der Waals surface area contributed by atoms with Gasteiger partial charge in [-0.3, -0.25) is 4.79 Å². The lowest BCUT2D eigenvalue weighted by molar-refractivity contribution is -0.116. The Hall–Kier alpha value is -2.69. The van der Waals surface area contributed by atoms with Crippen LogP contribution in [-0.4, -0.2) is 80.2 Å². The van der Waals surface area contributed by atoms with E-state index in [1.807, 2.05) is 25.3 Å². The Morgan fingerprint density at radius 2 is 1.97 bits per heavy atom. The topological polar surface area (TPSA) is 92.1 Å². The molecule has 1 aliphatic rings. The first-order valence-corrected chi connectivity index (χ1v) is 10.9. The third-order valence-corrected chi connectivity index (χ3v) is 5.85. The van der Waals surface area contributed by atoms with Crippen molar-refractivity contribution in [3.63, 3.8) is 0 Å². The van der Waals surface area contributed by atoms with E-state index in [0.717, 1.165) is 44.1 Å². The number of likely N-dealkylation sites (N-methyl/N-ethyl adjacent to an activating group) is 1. The number of aryl methyl sites for hydroxylation is 2. The van der Waals surface area contributed by atoms with Crippen LogP contribution in [0.5, 0.6) is 0 Å². The maximum Gasteiger partial charge on any atom is 0.226 e. The van der Waals surface area contributed by atoms with Gasteiger partial charge in [-0.2, -0.15) is 5.10 Å². The van der Waals surface area contributed by atoms with Crippen LogP contribution in [0.4, 0.5) is 5.82 Å². The Morgan fingerprint density at radius 3 is 2.63 bits per heavy atom. The van der Waals surface area contributed by atoms with Gasteiger partial charge in [-0.15, -0.1) is 11.3 Å². The lowest BCUT2D eigenvalue weighted by Crippen LogP contribution is -2.45. The molecule has 10 heteroatoms. The van der Waals surface area contributed by atoms with Crippen molar-refractivity contribution in [2.24, 2.45) is 0 Å². The fourth-order valence-electron chi connectivity index (χ4n) is 3.43. The van der Waals surface area contributed by atoms with Crippen molar-refractivity contribution in [2.75, 3.05) is 45.1 Å². The summed E-state index contributed by atoms with van der Waals surface area (Å²) < 4.78 is 1.76. The first-order valence-electron chi connectivity index (χ1n) is 10.0. The highest BCUT2D eigenvalue weighted by atomic mass is 32.1. The highest BCUT2D eigenvalue weighted by molar-refractivity contribution is 7.13. The lowest BCUT2D eigenvalue weighted by atomic mass is 10.3. The summed E-state index contributed by atoms with van der Waals surface area (Å²) in [5.41, 5.74) is 1.86. The Kier molecular flexibility index (Phi) is 6.16. The summed E-state index contributed by atoms with van der Waals surface area (Å²) in [6, 6.07) is 3.74. The van der Waals surface area contributed by atoms with Crippen molar-refractivity contribution in [3.8, 4) is 16.6 Å². The summed E-state index contributed by atoms with van der Waals surface area (Å²) in [4.78, 5) is 30.7. The van der Waals surface area contributed by atoms with Crippen LogP contribution in [0.25, 0.3) is 16.6 Å². The smallest absolute Gasteiger partial charge is 0.226 e. The van der Waals surface area contributed by atoms with Gasteiger partial charge in [0.2, 0.25) is 5.91 Å². The van der Waals surface area contributed by atoms with Crippen molar-refractivity contribution in [2.45, 2.75) is 20.3 Å². The Bertz CT molecular complexity index is 1010. The quantitative estimate of drug-likeness (QED) is 0.644. The number of hydrogen-bond donors (Lipinski definition) is 1. The van der Waals surface area contributed by atoms with Crippen molar-refractivity contribution in [3.05, 3.63) is 35.1 Å². The minimum atomic E-state index is -0.0583. The summed E-state index contributed by atoms with van der Waals surface area (Å²) in [5, 5.41) is 10.0. The molecule has 1 aliphatic heterocycles. The van der Waals surface area contributed by atoms with Gasteiger partial charge in [0.15, 0.2) is 16.6 Å². The van der Waals surface area contributed by atoms with E-state index in [4.69, 9.17) is 0 Å². The molecule has 0 atom stereocenters. The number of amides is 1. The van der Waals surface area contributed by atoms with E-state index >= 15 is 0 Å². The minimum Gasteiger partial charge on any atom is -0.310 e. The molecule has 30 heavy (non-hydrogen) atoms. The van der Waals surface area contributed by atoms with E-state index in [9.17, 15) is 4.79 Å². The Labute approximate surface area is 179 Å². The normalized spacial score (nSPS) is 15.4. The highest BCUT2D eigenvalue weighted by Gasteiger charge is 2.17. The van der Waals surface area contributed by atoms with Gasteiger partial charge in [-0.05, 0) is 27.0 Å². The minimum absolute atomic E-state index is 0.0583. The number of carbonyl (C=O) groups is 1. The van der Waals surface area contributed by atoms with Gasteiger partial charge in [0, 0.05) is 62.5 Å². The van der Waals surface area contributed by atoms with Gasteiger partial charge < -0.3 is 15.1 Å². The van der Waals surface area contributed by atoms with Gasteiger partial charge in [0.1, 0.15) is 5.82 Å². The zero-order chi connectivity index (χ0) is 21.1. The summed E-state index contributed by atoms with van der Waals surface area (Å²) in [6.07, 6.45) is 2.14. The molecule has 3 aromatic heterocycles. The molecule has 1 saturated heterocycles. The van der Waals surface area contributed by atoms with Gasteiger partial charge in [0.25, 0.3) is 0 Å². The molecular formula is C20H26N8OS. The molecule has 4 heterocycles. The van der Waals surface area contributed by atoms with E-state index in [2.05, 4.69) is 42.2 Å². The molecule has 158 valence electrons. The number of anilines is 1. The van der Waals surface area contributed by atoms with Crippen LogP contribution >= 0.6 is 11.3 Å². The number of hydrogen-bond acceptors (Lipinski definition) is 8. The van der Waals surface area contributed by atoms with Gasteiger partial charge in [-0.25, -0.2) is 19.6 Å². The standard InChI is InChI=1S/C20H26N8OS/c1-14-12-15(2)28(25-14)17-13-16(23-19(24-17)20-21-5-11-30-20)22-18(29)4-6-27-9-7-26(3)8-10-27/h5,11-13H,4,6-10H2,1-3H3,(H,22,23,24,29). The van der Waals surface area contributed by atoms with E-state index < -0.39 is 0 Å². The molecule has 1 N–H and O–H groups in total. The number of carbonyl (C=O) groups excluding carboxylic acids is 1. The van der Waals surface area contributed by atoms with E-state index in [-0.39, 0.29) is 5.91 Å². The Morgan fingerprint density at radius 1 is 1.17 bits per heavy atom. The molecule has 0 aromatic carbocycles. The molecule has 4 rings (SSSR count). The van der Waals surface area contributed by atoms with E-state index in [1.54, 1.807) is 16.9 Å². The van der Waals surface area contributed by atoms with Crippen molar-refractivity contribution in [1.82, 2.24) is 34.5 Å². The van der Waals surface area contributed by atoms with Gasteiger partial charge in [-0.1, -0.05) is 0 Å². The average molecular weight is 427 g/mol. The summed E-state index contributed by atoms with van der Waals surface area (Å²) in [7, 11) is 2.12. The average Bonchev–Trinajstić information content (AvgIpc) is 3.37. The Balaban J connectivity index is 1.52. The molecular weight excluding hydrogens is 400 g/mol. The maximum absolute atomic E-state index is 12.6. The van der Waals surface area contributed by atoms with Crippen molar-refractivity contribution >= 4 is 23.1 Å². The van der Waals surface area contributed by atoms with Crippen LogP contribution < -0.4 is 5.32 Å². The zero-order valence-corrected chi connectivity index (χ0v) is 18.3. The molecule has 1 amide bonds. The summed E-state index contributed by atoms with van der Waals surface area (Å²) >= 11 is 1.46. The summed E-state index contributed by atoms with van der Waals surface area (Å²) in [6.45, 7) is 8.72. The van der Waals surface area contributed by atoms with Crippen LogP contribution in [0, 0.1) is 13.8 Å². The van der Waals surface area contributed by atoms with Crippen LogP contribution in [-0.2, 0) is 4.79 Å². The van der Waals surface area contributed by atoms with Crippen LogP contribution in [0.1, 0.15) is 17.8 Å². The largest absolute Gasteiger partial charge is 0.310 e. The fourth-order valence-corrected chi connectivity index (χ4v) is 4.00.